The summed E-state index contributed by atoms with van der Waals surface area (Å²) in [4.78, 5) is 8.34. The predicted octanol–water partition coefficient (Wildman–Crippen LogP) is 2.62. The standard InChI is InChI=1S/C17H22N4O.HI/c1-18-17(20-11-9-14-6-5-10-19-12-14)21-13-15-7-3-4-8-16(15)22-2;/h3-8,10,12H,9,11,13H2,1-2H3,(H2,18,20,21);1H. The first kappa shape index (κ1) is 19.2. The molecule has 0 aliphatic heterocycles. The van der Waals surface area contributed by atoms with E-state index < -0.39 is 0 Å². The fourth-order valence-electron chi connectivity index (χ4n) is 2.12. The second-order valence-corrected chi connectivity index (χ2v) is 4.78. The number of benzene rings is 1. The van der Waals surface area contributed by atoms with E-state index in [0.29, 0.717) is 6.54 Å². The highest BCUT2D eigenvalue weighted by Gasteiger charge is 2.03. The molecule has 2 rings (SSSR count). The van der Waals surface area contributed by atoms with E-state index in [0.717, 1.165) is 30.2 Å². The number of para-hydroxylation sites is 1. The highest BCUT2D eigenvalue weighted by molar-refractivity contribution is 14.0. The van der Waals surface area contributed by atoms with E-state index >= 15 is 0 Å². The summed E-state index contributed by atoms with van der Waals surface area (Å²) in [5.41, 5.74) is 2.30. The number of pyridine rings is 1. The second-order valence-electron chi connectivity index (χ2n) is 4.78. The molecule has 0 bridgehead atoms. The smallest absolute Gasteiger partial charge is 0.191 e. The van der Waals surface area contributed by atoms with Crippen LogP contribution in [-0.2, 0) is 13.0 Å². The van der Waals surface area contributed by atoms with Gasteiger partial charge in [0.25, 0.3) is 0 Å². The quantitative estimate of drug-likeness (QED) is 0.424. The highest BCUT2D eigenvalue weighted by Crippen LogP contribution is 2.16. The molecule has 124 valence electrons. The van der Waals surface area contributed by atoms with Gasteiger partial charge in [-0.25, -0.2) is 0 Å². The first-order valence-corrected chi connectivity index (χ1v) is 7.29. The molecule has 0 saturated carbocycles. The van der Waals surface area contributed by atoms with E-state index in [9.17, 15) is 0 Å². The van der Waals surface area contributed by atoms with Gasteiger partial charge in [-0.3, -0.25) is 9.98 Å². The number of ether oxygens (including phenoxy) is 1. The fourth-order valence-corrected chi connectivity index (χ4v) is 2.12. The number of nitrogens with one attached hydrogen (secondary N) is 2. The molecule has 0 spiro atoms. The minimum atomic E-state index is 0. The van der Waals surface area contributed by atoms with Crippen LogP contribution in [0.2, 0.25) is 0 Å². The molecule has 0 amide bonds. The lowest BCUT2D eigenvalue weighted by molar-refractivity contribution is 0.409. The Kier molecular flexibility index (Phi) is 9.04. The number of halogens is 1. The molecule has 2 N–H and O–H groups in total. The Morgan fingerprint density at radius 1 is 1.17 bits per heavy atom. The molecule has 0 saturated heterocycles. The Morgan fingerprint density at radius 2 is 2.00 bits per heavy atom. The van der Waals surface area contributed by atoms with Gasteiger partial charge in [-0.1, -0.05) is 24.3 Å². The maximum atomic E-state index is 5.34. The van der Waals surface area contributed by atoms with Gasteiger partial charge in [-0.15, -0.1) is 24.0 Å². The summed E-state index contributed by atoms with van der Waals surface area (Å²) in [6, 6.07) is 12.0. The third-order valence-electron chi connectivity index (χ3n) is 3.29. The monoisotopic (exact) mass is 426 g/mol. The van der Waals surface area contributed by atoms with Crippen LogP contribution < -0.4 is 15.4 Å². The van der Waals surface area contributed by atoms with Gasteiger partial charge < -0.3 is 15.4 Å². The molecule has 0 atom stereocenters. The molecule has 1 aromatic carbocycles. The van der Waals surface area contributed by atoms with Crippen molar-refractivity contribution in [2.75, 3.05) is 20.7 Å². The summed E-state index contributed by atoms with van der Waals surface area (Å²) in [5, 5.41) is 6.59. The zero-order valence-corrected chi connectivity index (χ0v) is 15.8. The van der Waals surface area contributed by atoms with Gasteiger partial charge in [-0.2, -0.15) is 0 Å². The molecule has 1 heterocycles. The largest absolute Gasteiger partial charge is 0.496 e. The van der Waals surface area contributed by atoms with E-state index in [4.69, 9.17) is 4.74 Å². The van der Waals surface area contributed by atoms with Crippen molar-refractivity contribution in [3.05, 3.63) is 59.9 Å². The van der Waals surface area contributed by atoms with Gasteiger partial charge in [0.15, 0.2) is 5.96 Å². The van der Waals surface area contributed by atoms with E-state index in [2.05, 4.69) is 26.7 Å². The first-order valence-electron chi connectivity index (χ1n) is 7.29. The van der Waals surface area contributed by atoms with Gasteiger partial charge in [0.05, 0.1) is 7.11 Å². The minimum absolute atomic E-state index is 0. The number of aliphatic imine (C=N–C) groups is 1. The third-order valence-corrected chi connectivity index (χ3v) is 3.29. The zero-order valence-electron chi connectivity index (χ0n) is 13.5. The molecular weight excluding hydrogens is 403 g/mol. The summed E-state index contributed by atoms with van der Waals surface area (Å²) in [7, 11) is 3.45. The van der Waals surface area contributed by atoms with E-state index in [1.807, 2.05) is 36.5 Å². The Labute approximate surface area is 154 Å². The van der Waals surface area contributed by atoms with Crippen LogP contribution in [0, 0.1) is 0 Å². The van der Waals surface area contributed by atoms with Gasteiger partial charge in [0.1, 0.15) is 5.75 Å². The molecule has 0 fully saturated rings. The maximum absolute atomic E-state index is 5.34. The van der Waals surface area contributed by atoms with Crippen LogP contribution in [0.4, 0.5) is 0 Å². The molecule has 23 heavy (non-hydrogen) atoms. The van der Waals surface area contributed by atoms with Crippen LogP contribution in [0.25, 0.3) is 0 Å². The minimum Gasteiger partial charge on any atom is -0.496 e. The van der Waals surface area contributed by atoms with Crippen LogP contribution in [0.5, 0.6) is 5.75 Å². The van der Waals surface area contributed by atoms with Crippen LogP contribution in [0.1, 0.15) is 11.1 Å². The number of aromatic nitrogens is 1. The van der Waals surface area contributed by atoms with Crippen LogP contribution in [-0.4, -0.2) is 31.6 Å². The van der Waals surface area contributed by atoms with E-state index in [1.165, 1.54) is 5.56 Å². The lowest BCUT2D eigenvalue weighted by Crippen LogP contribution is -2.37. The topological polar surface area (TPSA) is 58.5 Å². The Bertz CT molecular complexity index is 605. The molecule has 5 nitrogen and oxygen atoms in total. The van der Waals surface area contributed by atoms with E-state index in [1.54, 1.807) is 20.4 Å². The molecule has 0 aliphatic rings. The van der Waals surface area contributed by atoms with Crippen LogP contribution in [0.3, 0.4) is 0 Å². The molecular formula is C17H23IN4O. The van der Waals surface area contributed by atoms with Crippen molar-refractivity contribution in [3.8, 4) is 5.75 Å². The molecule has 0 radical (unpaired) electrons. The van der Waals surface area contributed by atoms with Gasteiger partial charge >= 0.3 is 0 Å². The molecule has 6 heteroatoms. The number of rotatable bonds is 6. The van der Waals surface area contributed by atoms with Crippen molar-refractivity contribution in [3.63, 3.8) is 0 Å². The van der Waals surface area contributed by atoms with Gasteiger partial charge in [0.2, 0.25) is 0 Å². The Morgan fingerprint density at radius 3 is 2.70 bits per heavy atom. The number of methoxy groups -OCH3 is 1. The number of guanidine groups is 1. The number of hydrogen-bond donors (Lipinski definition) is 2. The maximum Gasteiger partial charge on any atom is 0.191 e. The SMILES string of the molecule is CN=C(NCCc1cccnc1)NCc1ccccc1OC.I. The Balaban J connectivity index is 0.00000264. The normalized spacial score (nSPS) is 10.6. The van der Waals surface area contributed by atoms with Crippen molar-refractivity contribution >= 4 is 29.9 Å². The second kappa shape index (κ2) is 10.8. The fraction of sp³-hybridized carbons (Fsp3) is 0.294. The van der Waals surface area contributed by atoms with Crippen molar-refractivity contribution in [2.45, 2.75) is 13.0 Å². The molecule has 0 unspecified atom stereocenters. The first-order chi connectivity index (χ1) is 10.8. The lowest BCUT2D eigenvalue weighted by atomic mass is 10.2. The van der Waals surface area contributed by atoms with Gasteiger partial charge in [-0.05, 0) is 24.1 Å². The summed E-state index contributed by atoms with van der Waals surface area (Å²) >= 11 is 0. The lowest BCUT2D eigenvalue weighted by Gasteiger charge is -2.13. The average Bonchev–Trinajstić information content (AvgIpc) is 2.59. The Hall–Kier alpha value is -1.83. The van der Waals surface area contributed by atoms with Gasteiger partial charge in [0, 0.05) is 38.1 Å². The summed E-state index contributed by atoms with van der Waals surface area (Å²) in [6.07, 6.45) is 4.57. The highest BCUT2D eigenvalue weighted by atomic mass is 127. The summed E-state index contributed by atoms with van der Waals surface area (Å²) in [5.74, 6) is 1.65. The number of hydrogen-bond acceptors (Lipinski definition) is 3. The zero-order chi connectivity index (χ0) is 15.6. The van der Waals surface area contributed by atoms with Crippen molar-refractivity contribution in [1.29, 1.82) is 0 Å². The average molecular weight is 426 g/mol. The molecule has 1 aromatic heterocycles. The summed E-state index contributed by atoms with van der Waals surface area (Å²) < 4.78 is 5.34. The van der Waals surface area contributed by atoms with Crippen molar-refractivity contribution in [1.82, 2.24) is 15.6 Å². The van der Waals surface area contributed by atoms with Crippen LogP contribution in [0.15, 0.2) is 53.8 Å². The number of nitrogens with zero attached hydrogens (tertiary/aromatic N) is 2. The van der Waals surface area contributed by atoms with Crippen LogP contribution >= 0.6 is 24.0 Å². The van der Waals surface area contributed by atoms with E-state index in [-0.39, 0.29) is 24.0 Å². The molecule has 2 aromatic rings. The van der Waals surface area contributed by atoms with Crippen molar-refractivity contribution in [2.24, 2.45) is 4.99 Å². The van der Waals surface area contributed by atoms with Crippen molar-refractivity contribution < 1.29 is 4.74 Å². The third kappa shape index (κ3) is 6.43. The summed E-state index contributed by atoms with van der Waals surface area (Å²) in [6.45, 7) is 1.47. The predicted molar refractivity (Wildman–Crippen MR) is 105 cm³/mol. The molecule has 0 aliphatic carbocycles.